The maximum Gasteiger partial charge on any atom is 0.223 e. The van der Waals surface area contributed by atoms with Crippen LogP contribution in [0.4, 0.5) is 10.3 Å². The molecule has 0 spiro atoms. The maximum absolute atomic E-state index is 13.6. The van der Waals surface area contributed by atoms with Crippen molar-refractivity contribution in [2.45, 2.75) is 6.42 Å². The van der Waals surface area contributed by atoms with Crippen molar-refractivity contribution < 1.29 is 4.39 Å². The molecule has 4 aromatic rings. The van der Waals surface area contributed by atoms with E-state index in [0.717, 1.165) is 20.8 Å². The molecule has 0 aliphatic rings. The van der Waals surface area contributed by atoms with Gasteiger partial charge in [-0.25, -0.2) is 19.3 Å². The minimum Gasteiger partial charge on any atom is -0.354 e. The van der Waals surface area contributed by atoms with Crippen LogP contribution in [0, 0.1) is 12.0 Å². The number of halogens is 1. The third kappa shape index (κ3) is 3.49. The van der Waals surface area contributed by atoms with Crippen molar-refractivity contribution in [2.24, 2.45) is 0 Å². The molecule has 123 valence electrons. The summed E-state index contributed by atoms with van der Waals surface area (Å²) in [5.41, 5.74) is 2.40. The van der Waals surface area contributed by atoms with Crippen LogP contribution in [0.25, 0.3) is 20.8 Å². The van der Waals surface area contributed by atoms with Crippen molar-refractivity contribution >= 4 is 27.5 Å². The van der Waals surface area contributed by atoms with Gasteiger partial charge in [-0.2, -0.15) is 0 Å². The summed E-state index contributed by atoms with van der Waals surface area (Å²) in [4.78, 5) is 13.1. The lowest BCUT2D eigenvalue weighted by Gasteiger charge is -2.05. The summed E-state index contributed by atoms with van der Waals surface area (Å²) in [7, 11) is 0. The molecule has 0 atom stereocenters. The van der Waals surface area contributed by atoms with Crippen molar-refractivity contribution in [3.05, 3.63) is 72.3 Å². The Hall–Kier alpha value is -2.86. The number of nitrogens with one attached hydrogen (secondary N) is 1. The van der Waals surface area contributed by atoms with E-state index in [0.29, 0.717) is 24.5 Å². The van der Waals surface area contributed by atoms with Gasteiger partial charge in [0.05, 0.1) is 15.8 Å². The second-order valence-corrected chi connectivity index (χ2v) is 6.50. The molecule has 0 saturated carbocycles. The van der Waals surface area contributed by atoms with Crippen LogP contribution in [0.1, 0.15) is 5.56 Å². The van der Waals surface area contributed by atoms with Crippen LogP contribution in [-0.4, -0.2) is 21.5 Å². The smallest absolute Gasteiger partial charge is 0.223 e. The molecular weight excluding hydrogens is 335 g/mol. The molecule has 0 aliphatic carbocycles. The number of benzene rings is 2. The van der Waals surface area contributed by atoms with Gasteiger partial charge in [0, 0.05) is 12.7 Å². The van der Waals surface area contributed by atoms with Gasteiger partial charge in [-0.15, -0.1) is 11.3 Å². The summed E-state index contributed by atoms with van der Waals surface area (Å²) >= 11 is 1.59. The van der Waals surface area contributed by atoms with Crippen LogP contribution >= 0.6 is 11.3 Å². The molecule has 2 aromatic heterocycles. The molecule has 1 N–H and O–H groups in total. The largest absolute Gasteiger partial charge is 0.354 e. The Labute approximate surface area is 148 Å². The maximum atomic E-state index is 13.6. The van der Waals surface area contributed by atoms with Gasteiger partial charge in [0.15, 0.2) is 0 Å². The Bertz CT molecular complexity index is 965. The Kier molecular flexibility index (Phi) is 4.35. The highest BCUT2D eigenvalue weighted by Crippen LogP contribution is 2.29. The number of anilines is 1. The van der Waals surface area contributed by atoms with Gasteiger partial charge in [0.1, 0.15) is 17.0 Å². The molecule has 4 rings (SSSR count). The van der Waals surface area contributed by atoms with Gasteiger partial charge in [-0.3, -0.25) is 0 Å². The minimum atomic E-state index is -0.192. The summed E-state index contributed by atoms with van der Waals surface area (Å²) in [6.45, 7) is 0.551. The highest BCUT2D eigenvalue weighted by Gasteiger charge is 2.08. The quantitative estimate of drug-likeness (QED) is 0.582. The van der Waals surface area contributed by atoms with Gasteiger partial charge in [-0.05, 0) is 30.2 Å². The van der Waals surface area contributed by atoms with Crippen molar-refractivity contribution in [1.29, 1.82) is 0 Å². The van der Waals surface area contributed by atoms with Crippen LogP contribution in [0.5, 0.6) is 0 Å². The van der Waals surface area contributed by atoms with Crippen LogP contribution in [-0.2, 0) is 6.42 Å². The first kappa shape index (κ1) is 15.7. The zero-order valence-corrected chi connectivity index (χ0v) is 14.1. The van der Waals surface area contributed by atoms with Crippen molar-refractivity contribution in [2.75, 3.05) is 11.9 Å². The number of fused-ring (bicyclic) bond motifs is 1. The Morgan fingerprint density at radius 2 is 1.92 bits per heavy atom. The molecule has 0 bridgehead atoms. The number of rotatable bonds is 5. The van der Waals surface area contributed by atoms with E-state index in [4.69, 9.17) is 0 Å². The first-order valence-corrected chi connectivity index (χ1v) is 8.69. The third-order valence-electron chi connectivity index (χ3n) is 3.76. The number of para-hydroxylation sites is 1. The highest BCUT2D eigenvalue weighted by molar-refractivity contribution is 7.21. The average molecular weight is 349 g/mol. The van der Waals surface area contributed by atoms with Gasteiger partial charge in [0.25, 0.3) is 0 Å². The predicted octanol–water partition coefficient (Wildman–Crippen LogP) is 4.35. The Morgan fingerprint density at radius 3 is 2.72 bits per heavy atom. The summed E-state index contributed by atoms with van der Waals surface area (Å²) in [6, 6.07) is 14.7. The van der Waals surface area contributed by atoms with Crippen LogP contribution < -0.4 is 5.32 Å². The van der Waals surface area contributed by atoms with Gasteiger partial charge >= 0.3 is 0 Å². The first-order chi connectivity index (χ1) is 12.3. The van der Waals surface area contributed by atoms with Crippen molar-refractivity contribution in [1.82, 2.24) is 15.0 Å². The number of nitrogens with zero attached hydrogens (tertiary/aromatic N) is 3. The lowest BCUT2D eigenvalue weighted by Crippen LogP contribution is -2.08. The van der Waals surface area contributed by atoms with E-state index in [1.54, 1.807) is 29.7 Å². The molecule has 25 heavy (non-hydrogen) atoms. The fourth-order valence-electron chi connectivity index (χ4n) is 2.48. The predicted molar refractivity (Wildman–Crippen MR) is 98.1 cm³/mol. The second-order valence-electron chi connectivity index (χ2n) is 5.47. The number of aromatic nitrogens is 3. The van der Waals surface area contributed by atoms with Crippen molar-refractivity contribution in [3.63, 3.8) is 0 Å². The molecule has 2 aromatic carbocycles. The molecule has 4 nitrogen and oxygen atoms in total. The van der Waals surface area contributed by atoms with E-state index in [1.807, 2.05) is 30.3 Å². The normalized spacial score (nSPS) is 10.9. The monoisotopic (exact) mass is 349 g/mol. The summed E-state index contributed by atoms with van der Waals surface area (Å²) < 4.78 is 14.7. The number of hydrogen-bond donors (Lipinski definition) is 1. The molecule has 2 heterocycles. The van der Waals surface area contributed by atoms with Crippen molar-refractivity contribution in [3.8, 4) is 10.6 Å². The lowest BCUT2D eigenvalue weighted by atomic mass is 10.1. The minimum absolute atomic E-state index is 0.192. The van der Waals surface area contributed by atoms with E-state index in [2.05, 4.69) is 26.5 Å². The molecule has 1 radical (unpaired) electrons. The van der Waals surface area contributed by atoms with E-state index in [9.17, 15) is 4.39 Å². The molecule has 0 fully saturated rings. The van der Waals surface area contributed by atoms with E-state index in [-0.39, 0.29) is 5.82 Å². The standard InChI is InChI=1S/C19H14FN4S/c20-15-6-2-1-5-13(15)9-10-21-19-22-11-14(12-23-19)18-24-16-7-3-4-8-17(16)25-18/h1-8,11H,9-10H2,(H,21,22,23). The summed E-state index contributed by atoms with van der Waals surface area (Å²) in [5, 5.41) is 3.93. The fraction of sp³-hybridized carbons (Fsp3) is 0.105. The molecule has 6 heteroatoms. The SMILES string of the molecule is Fc1ccccc1CCNc1n[c]c(-c2nc3ccccc3s2)cn1. The first-order valence-electron chi connectivity index (χ1n) is 7.87. The lowest BCUT2D eigenvalue weighted by molar-refractivity contribution is 0.610. The fourth-order valence-corrected chi connectivity index (χ4v) is 3.41. The topological polar surface area (TPSA) is 50.7 Å². The zero-order chi connectivity index (χ0) is 17.1. The van der Waals surface area contributed by atoms with Crippen LogP contribution in [0.2, 0.25) is 0 Å². The van der Waals surface area contributed by atoms with Gasteiger partial charge < -0.3 is 5.32 Å². The molecule has 0 unspecified atom stereocenters. The van der Waals surface area contributed by atoms with Gasteiger partial charge in [0.2, 0.25) is 5.95 Å². The summed E-state index contributed by atoms with van der Waals surface area (Å²) in [5.74, 6) is 0.282. The van der Waals surface area contributed by atoms with E-state index in [1.165, 1.54) is 6.07 Å². The number of hydrogen-bond acceptors (Lipinski definition) is 5. The molecular formula is C19H14FN4S. The summed E-state index contributed by atoms with van der Waals surface area (Å²) in [6.07, 6.45) is 5.24. The highest BCUT2D eigenvalue weighted by atomic mass is 32.1. The van der Waals surface area contributed by atoms with Gasteiger partial charge in [-0.1, -0.05) is 30.3 Å². The van der Waals surface area contributed by atoms with Crippen LogP contribution in [0.3, 0.4) is 0 Å². The zero-order valence-electron chi connectivity index (χ0n) is 13.2. The molecule has 0 saturated heterocycles. The number of thiazole rings is 1. The Morgan fingerprint density at radius 1 is 1.08 bits per heavy atom. The van der Waals surface area contributed by atoms with E-state index >= 15 is 0 Å². The molecule has 0 amide bonds. The molecule has 0 aliphatic heterocycles. The average Bonchev–Trinajstić information content (AvgIpc) is 3.08. The van der Waals surface area contributed by atoms with Crippen LogP contribution in [0.15, 0.2) is 54.7 Å². The Balaban J connectivity index is 1.42. The third-order valence-corrected chi connectivity index (χ3v) is 4.83. The van der Waals surface area contributed by atoms with E-state index < -0.39 is 0 Å². The second kappa shape index (κ2) is 6.94.